The van der Waals surface area contributed by atoms with Gasteiger partial charge >= 0.3 is 0 Å². The van der Waals surface area contributed by atoms with Crippen molar-refractivity contribution in [2.45, 2.75) is 13.3 Å². The first-order valence-corrected chi connectivity index (χ1v) is 7.51. The van der Waals surface area contributed by atoms with E-state index in [-0.39, 0.29) is 24.0 Å². The van der Waals surface area contributed by atoms with E-state index in [2.05, 4.69) is 27.2 Å². The lowest BCUT2D eigenvalue weighted by atomic mass is 10.1. The maximum atomic E-state index is 6.06. The lowest BCUT2D eigenvalue weighted by Gasteiger charge is -2.09. The van der Waals surface area contributed by atoms with Crippen molar-refractivity contribution in [3.05, 3.63) is 47.6 Å². The zero-order valence-electron chi connectivity index (χ0n) is 12.7. The van der Waals surface area contributed by atoms with Gasteiger partial charge in [-0.3, -0.25) is 4.99 Å². The summed E-state index contributed by atoms with van der Waals surface area (Å²) in [6, 6.07) is 5.89. The van der Waals surface area contributed by atoms with Crippen LogP contribution in [0.4, 0.5) is 0 Å². The zero-order chi connectivity index (χ0) is 15.1. The summed E-state index contributed by atoms with van der Waals surface area (Å²) < 4.78 is 0. The Morgan fingerprint density at radius 3 is 2.95 bits per heavy atom. The topological polar surface area (TPSA) is 52.2 Å². The Morgan fingerprint density at radius 2 is 2.23 bits per heavy atom. The number of guanidine groups is 1. The summed E-state index contributed by atoms with van der Waals surface area (Å²) in [5, 5.41) is 8.32. The highest BCUT2D eigenvalue weighted by Crippen LogP contribution is 2.22. The lowest BCUT2D eigenvalue weighted by Crippen LogP contribution is -2.37. The molecular weight excluding hydrogens is 411 g/mol. The number of aromatic nitrogens is 1. The summed E-state index contributed by atoms with van der Waals surface area (Å²) in [6.07, 6.45) is 4.71. The fourth-order valence-electron chi connectivity index (χ4n) is 2.16. The van der Waals surface area contributed by atoms with Crippen LogP contribution in [0.2, 0.25) is 5.02 Å². The van der Waals surface area contributed by atoms with Gasteiger partial charge in [-0.25, -0.2) is 0 Å². The average Bonchev–Trinajstić information content (AvgIpc) is 2.87. The molecule has 6 heteroatoms. The number of nitrogens with zero attached hydrogens (tertiary/aromatic N) is 1. The molecular formula is C16H22ClIN4. The number of rotatable bonds is 6. The SMILES string of the molecule is C=CCNC(=NCCc1c[nH]c2ccc(Cl)cc12)NCC.I. The molecule has 3 N–H and O–H groups in total. The van der Waals surface area contributed by atoms with Gasteiger partial charge in [-0.05, 0) is 37.1 Å². The van der Waals surface area contributed by atoms with Crippen molar-refractivity contribution in [3.63, 3.8) is 0 Å². The van der Waals surface area contributed by atoms with Crippen LogP contribution < -0.4 is 10.6 Å². The number of aromatic amines is 1. The van der Waals surface area contributed by atoms with Crippen LogP contribution in [0.25, 0.3) is 10.9 Å². The number of hydrogen-bond donors (Lipinski definition) is 3. The number of fused-ring (bicyclic) bond motifs is 1. The predicted molar refractivity (Wildman–Crippen MR) is 107 cm³/mol. The average molecular weight is 433 g/mol. The van der Waals surface area contributed by atoms with Crippen LogP contribution in [0, 0.1) is 0 Å². The maximum Gasteiger partial charge on any atom is 0.191 e. The number of halogens is 2. The Bertz CT molecular complexity index is 636. The van der Waals surface area contributed by atoms with E-state index >= 15 is 0 Å². The van der Waals surface area contributed by atoms with Crippen LogP contribution in [0.5, 0.6) is 0 Å². The summed E-state index contributed by atoms with van der Waals surface area (Å²) in [5.41, 5.74) is 2.34. The van der Waals surface area contributed by atoms with Gasteiger partial charge in [0.2, 0.25) is 0 Å². The number of benzene rings is 1. The molecule has 4 nitrogen and oxygen atoms in total. The monoisotopic (exact) mass is 432 g/mol. The van der Waals surface area contributed by atoms with Crippen LogP contribution in [0.3, 0.4) is 0 Å². The minimum atomic E-state index is 0. The fraction of sp³-hybridized carbons (Fsp3) is 0.312. The second kappa shape index (κ2) is 9.74. The molecule has 0 aliphatic heterocycles. The van der Waals surface area contributed by atoms with Gasteiger partial charge < -0.3 is 15.6 Å². The summed E-state index contributed by atoms with van der Waals surface area (Å²) in [7, 11) is 0. The van der Waals surface area contributed by atoms with Gasteiger partial charge in [0.05, 0.1) is 0 Å². The van der Waals surface area contributed by atoms with Crippen LogP contribution in [-0.2, 0) is 6.42 Å². The van der Waals surface area contributed by atoms with Crippen molar-refractivity contribution in [1.29, 1.82) is 0 Å². The van der Waals surface area contributed by atoms with Gasteiger partial charge in [-0.15, -0.1) is 30.6 Å². The first kappa shape index (κ1) is 18.8. The Hall–Kier alpha value is -1.21. The standard InChI is InChI=1S/C16H21ClN4.HI/c1-3-8-19-16(18-4-2)20-9-7-12-11-21-15-6-5-13(17)10-14(12)15;/h3,5-6,10-11,21H,1,4,7-9H2,2H3,(H2,18,19,20);1H. The molecule has 22 heavy (non-hydrogen) atoms. The highest BCUT2D eigenvalue weighted by molar-refractivity contribution is 14.0. The smallest absolute Gasteiger partial charge is 0.191 e. The molecule has 0 saturated heterocycles. The second-order valence-electron chi connectivity index (χ2n) is 4.68. The summed E-state index contributed by atoms with van der Waals surface area (Å²) >= 11 is 6.06. The van der Waals surface area contributed by atoms with E-state index in [1.54, 1.807) is 0 Å². The van der Waals surface area contributed by atoms with E-state index in [0.29, 0.717) is 13.1 Å². The first-order chi connectivity index (χ1) is 10.2. The maximum absolute atomic E-state index is 6.06. The van der Waals surface area contributed by atoms with Gasteiger partial charge in [-0.2, -0.15) is 0 Å². The minimum Gasteiger partial charge on any atom is -0.361 e. The van der Waals surface area contributed by atoms with Gasteiger partial charge in [0.25, 0.3) is 0 Å². The molecule has 0 fully saturated rings. The predicted octanol–water partition coefficient (Wildman–Crippen LogP) is 3.72. The fourth-order valence-corrected chi connectivity index (χ4v) is 2.33. The Morgan fingerprint density at radius 1 is 1.41 bits per heavy atom. The van der Waals surface area contributed by atoms with Gasteiger partial charge in [0.15, 0.2) is 5.96 Å². The van der Waals surface area contributed by atoms with Gasteiger partial charge in [-0.1, -0.05) is 17.7 Å². The Balaban J connectivity index is 0.00000242. The van der Waals surface area contributed by atoms with Crippen molar-refractivity contribution < 1.29 is 0 Å². The Kier molecular flexibility index (Phi) is 8.34. The normalized spacial score (nSPS) is 11.1. The summed E-state index contributed by atoms with van der Waals surface area (Å²) in [5.74, 6) is 0.815. The van der Waals surface area contributed by atoms with Crippen molar-refractivity contribution in [2.24, 2.45) is 4.99 Å². The molecule has 1 aromatic carbocycles. The number of aliphatic imine (C=N–C) groups is 1. The molecule has 0 bridgehead atoms. The number of nitrogens with one attached hydrogen (secondary N) is 3. The molecule has 1 heterocycles. The second-order valence-corrected chi connectivity index (χ2v) is 5.12. The highest BCUT2D eigenvalue weighted by atomic mass is 127. The molecule has 0 spiro atoms. The largest absolute Gasteiger partial charge is 0.361 e. The molecule has 1 aromatic heterocycles. The minimum absolute atomic E-state index is 0. The molecule has 2 rings (SSSR count). The summed E-state index contributed by atoms with van der Waals surface area (Å²) in [6.45, 7) is 8.00. The highest BCUT2D eigenvalue weighted by Gasteiger charge is 2.04. The van der Waals surface area contributed by atoms with Crippen molar-refractivity contribution >= 4 is 52.4 Å². The van der Waals surface area contributed by atoms with Crippen LogP contribution in [-0.4, -0.2) is 30.6 Å². The molecule has 2 aromatic rings. The third kappa shape index (κ3) is 5.21. The van der Waals surface area contributed by atoms with E-state index in [4.69, 9.17) is 11.6 Å². The van der Waals surface area contributed by atoms with Crippen LogP contribution in [0.15, 0.2) is 42.0 Å². The number of H-pyrrole nitrogens is 1. The van der Waals surface area contributed by atoms with E-state index in [9.17, 15) is 0 Å². The quantitative estimate of drug-likeness (QED) is 0.282. The summed E-state index contributed by atoms with van der Waals surface area (Å²) in [4.78, 5) is 7.82. The molecule has 0 saturated carbocycles. The third-order valence-corrected chi connectivity index (χ3v) is 3.37. The van der Waals surface area contributed by atoms with Crippen LogP contribution >= 0.6 is 35.6 Å². The van der Waals surface area contributed by atoms with Gasteiger partial charge in [0.1, 0.15) is 0 Å². The number of hydrogen-bond acceptors (Lipinski definition) is 1. The molecule has 0 aliphatic rings. The molecule has 120 valence electrons. The van der Waals surface area contributed by atoms with Crippen molar-refractivity contribution in [2.75, 3.05) is 19.6 Å². The molecule has 0 unspecified atom stereocenters. The first-order valence-electron chi connectivity index (χ1n) is 7.13. The molecule has 0 aliphatic carbocycles. The van der Waals surface area contributed by atoms with E-state index in [1.807, 2.05) is 37.4 Å². The Labute approximate surface area is 153 Å². The van der Waals surface area contributed by atoms with Crippen LogP contribution in [0.1, 0.15) is 12.5 Å². The lowest BCUT2D eigenvalue weighted by molar-refractivity contribution is 0.852. The third-order valence-electron chi connectivity index (χ3n) is 3.14. The zero-order valence-corrected chi connectivity index (χ0v) is 15.7. The molecule has 0 radical (unpaired) electrons. The van der Waals surface area contributed by atoms with E-state index in [0.717, 1.165) is 29.5 Å². The van der Waals surface area contributed by atoms with E-state index in [1.165, 1.54) is 10.9 Å². The van der Waals surface area contributed by atoms with E-state index < -0.39 is 0 Å². The van der Waals surface area contributed by atoms with Gasteiger partial charge in [0, 0.05) is 41.8 Å². The van der Waals surface area contributed by atoms with Crippen molar-refractivity contribution in [3.8, 4) is 0 Å². The van der Waals surface area contributed by atoms with Crippen molar-refractivity contribution in [1.82, 2.24) is 15.6 Å². The molecule has 0 atom stereocenters. The molecule has 0 amide bonds.